The second-order valence-corrected chi connectivity index (χ2v) is 5.67. The number of rotatable bonds is 6. The van der Waals surface area contributed by atoms with E-state index in [2.05, 4.69) is 37.8 Å². The van der Waals surface area contributed by atoms with Crippen molar-refractivity contribution >= 4 is 33.2 Å². The van der Waals surface area contributed by atoms with Crippen molar-refractivity contribution < 1.29 is 4.92 Å². The summed E-state index contributed by atoms with van der Waals surface area (Å²) >= 11 is 4.91. The molecule has 0 bridgehead atoms. The summed E-state index contributed by atoms with van der Waals surface area (Å²) in [5, 5.41) is 13.7. The monoisotopic (exact) mass is 355 g/mol. The summed E-state index contributed by atoms with van der Waals surface area (Å²) in [6, 6.07) is 6.68. The molecule has 0 aliphatic heterocycles. The van der Waals surface area contributed by atoms with Gasteiger partial charge in [-0.2, -0.15) is 0 Å². The van der Waals surface area contributed by atoms with Crippen LogP contribution < -0.4 is 4.34 Å². The predicted molar refractivity (Wildman–Crippen MR) is 83.1 cm³/mol. The van der Waals surface area contributed by atoms with Crippen LogP contribution in [0.5, 0.6) is 0 Å². The van der Waals surface area contributed by atoms with Gasteiger partial charge in [-0.05, 0) is 18.4 Å². The van der Waals surface area contributed by atoms with Crippen LogP contribution in [-0.4, -0.2) is 9.91 Å². The second kappa shape index (κ2) is 6.92. The van der Waals surface area contributed by atoms with E-state index >= 15 is 0 Å². The molecule has 0 aliphatic rings. The first kappa shape index (κ1) is 15.1. The van der Waals surface area contributed by atoms with Crippen molar-refractivity contribution in [2.75, 3.05) is 0 Å². The topological polar surface area (TPSA) is 68.1 Å². The number of nitrogens with one attached hydrogen (secondary N) is 1. The number of nitrogens with zero attached hydrogens (tertiary/aromatic N) is 2. The van der Waals surface area contributed by atoms with E-state index in [1.807, 2.05) is 0 Å². The van der Waals surface area contributed by atoms with Crippen molar-refractivity contribution in [3.63, 3.8) is 0 Å². The third-order valence-electron chi connectivity index (χ3n) is 2.95. The zero-order chi connectivity index (χ0) is 14.5. The Morgan fingerprint density at radius 1 is 1.45 bits per heavy atom. The lowest BCUT2D eigenvalue weighted by atomic mass is 10.1. The van der Waals surface area contributed by atoms with Crippen LogP contribution in [0, 0.1) is 10.1 Å². The van der Waals surface area contributed by atoms with Crippen molar-refractivity contribution in [1.29, 1.82) is 0 Å². The van der Waals surface area contributed by atoms with Gasteiger partial charge in [0.1, 0.15) is 5.01 Å². The maximum absolute atomic E-state index is 10.6. The Bertz CT molecular complexity index is 586. The summed E-state index contributed by atoms with van der Waals surface area (Å²) in [4.78, 5) is 14.8. The van der Waals surface area contributed by atoms with Gasteiger partial charge >= 0.3 is 0 Å². The molecule has 0 saturated heterocycles. The number of benzene rings is 1. The molecule has 7 heteroatoms. The Labute approximate surface area is 129 Å². The van der Waals surface area contributed by atoms with Crippen LogP contribution in [0.15, 0.2) is 29.6 Å². The number of non-ortho nitro benzene ring substituents is 1. The van der Waals surface area contributed by atoms with Crippen LogP contribution in [0.25, 0.3) is 0 Å². The van der Waals surface area contributed by atoms with E-state index in [1.165, 1.54) is 12.1 Å². The molecule has 2 rings (SSSR count). The lowest BCUT2D eigenvalue weighted by Crippen LogP contribution is -2.13. The van der Waals surface area contributed by atoms with Gasteiger partial charge < -0.3 is 0 Å². The number of thiazole rings is 1. The average Bonchev–Trinajstić information content (AvgIpc) is 2.94. The molecule has 0 fully saturated rings. The van der Waals surface area contributed by atoms with Crippen LogP contribution in [0.4, 0.5) is 5.69 Å². The van der Waals surface area contributed by atoms with Gasteiger partial charge in [0.15, 0.2) is 0 Å². The van der Waals surface area contributed by atoms with Crippen LogP contribution >= 0.6 is 27.5 Å². The van der Waals surface area contributed by atoms with Gasteiger partial charge in [0, 0.05) is 33.7 Å². The Kier molecular flexibility index (Phi) is 5.22. The highest BCUT2D eigenvalue weighted by molar-refractivity contribution is 9.08. The van der Waals surface area contributed by atoms with E-state index < -0.39 is 4.92 Å². The van der Waals surface area contributed by atoms with Crippen LogP contribution in [-0.2, 0) is 12.8 Å². The molecule has 1 heterocycles. The number of halogens is 1. The SMILES string of the molecule is CCc1csc([C@H](Cc2ccc([N+](=O)[O-])cc2)NBr)n1. The zero-order valence-electron chi connectivity index (χ0n) is 10.9. The van der Waals surface area contributed by atoms with Crippen molar-refractivity contribution in [2.45, 2.75) is 25.8 Å². The average molecular weight is 356 g/mol. The third kappa shape index (κ3) is 3.62. The van der Waals surface area contributed by atoms with Gasteiger partial charge in [-0.15, -0.1) is 11.3 Å². The number of nitro benzene ring substituents is 1. The van der Waals surface area contributed by atoms with Gasteiger partial charge in [0.2, 0.25) is 0 Å². The smallest absolute Gasteiger partial charge is 0.258 e. The van der Waals surface area contributed by atoms with E-state index in [9.17, 15) is 10.1 Å². The van der Waals surface area contributed by atoms with Gasteiger partial charge in [-0.1, -0.05) is 19.1 Å². The van der Waals surface area contributed by atoms with Crippen LogP contribution in [0.1, 0.15) is 29.2 Å². The summed E-state index contributed by atoms with van der Waals surface area (Å²) in [7, 11) is 0. The number of aryl methyl sites for hydroxylation is 1. The largest absolute Gasteiger partial charge is 0.269 e. The molecule has 5 nitrogen and oxygen atoms in total. The van der Waals surface area contributed by atoms with Gasteiger partial charge in [-0.3, -0.25) is 10.1 Å². The first-order chi connectivity index (χ1) is 9.63. The molecule has 0 spiro atoms. The lowest BCUT2D eigenvalue weighted by Gasteiger charge is -2.12. The highest BCUT2D eigenvalue weighted by atomic mass is 79.9. The second-order valence-electron chi connectivity index (χ2n) is 4.32. The molecular formula is C13H14BrN3O2S. The summed E-state index contributed by atoms with van der Waals surface area (Å²) in [6.07, 6.45) is 1.64. The van der Waals surface area contributed by atoms with Gasteiger partial charge in [0.05, 0.1) is 16.7 Å². The van der Waals surface area contributed by atoms with E-state index in [-0.39, 0.29) is 11.7 Å². The Balaban J connectivity index is 2.11. The summed E-state index contributed by atoms with van der Waals surface area (Å²) < 4.78 is 3.07. The van der Waals surface area contributed by atoms with Crippen molar-refractivity contribution in [3.8, 4) is 0 Å². The molecule has 0 amide bonds. The minimum Gasteiger partial charge on any atom is -0.258 e. The molecule has 2 aromatic rings. The predicted octanol–water partition coefficient (Wildman–Crippen LogP) is 3.80. The fraction of sp³-hybridized carbons (Fsp3) is 0.308. The first-order valence-corrected chi connectivity index (χ1v) is 7.85. The molecule has 0 radical (unpaired) electrons. The number of hydrogen-bond acceptors (Lipinski definition) is 5. The van der Waals surface area contributed by atoms with E-state index in [4.69, 9.17) is 0 Å². The number of aromatic nitrogens is 1. The Hall–Kier alpha value is -1.31. The standard InChI is InChI=1S/C13H14BrN3O2S/c1-2-10-8-20-13(15-10)12(16-14)7-9-3-5-11(6-4-9)17(18)19/h3-6,8,12,16H,2,7H2,1H3/t12-/m0/s1. The molecule has 1 aromatic heterocycles. The zero-order valence-corrected chi connectivity index (χ0v) is 13.3. The lowest BCUT2D eigenvalue weighted by molar-refractivity contribution is -0.384. The maximum atomic E-state index is 10.6. The van der Waals surface area contributed by atoms with Crippen molar-refractivity contribution in [3.05, 3.63) is 56.0 Å². The van der Waals surface area contributed by atoms with Gasteiger partial charge in [0.25, 0.3) is 5.69 Å². The molecule has 1 atom stereocenters. The summed E-state index contributed by atoms with van der Waals surface area (Å²) in [5.74, 6) is 0. The Morgan fingerprint density at radius 2 is 2.15 bits per heavy atom. The summed E-state index contributed by atoms with van der Waals surface area (Å²) in [5.41, 5.74) is 2.22. The molecule has 20 heavy (non-hydrogen) atoms. The number of nitro groups is 1. The van der Waals surface area contributed by atoms with Gasteiger partial charge in [-0.25, -0.2) is 9.33 Å². The number of hydrogen-bond donors (Lipinski definition) is 1. The molecule has 0 saturated carbocycles. The van der Waals surface area contributed by atoms with E-state index in [0.29, 0.717) is 0 Å². The fourth-order valence-corrected chi connectivity index (χ4v) is 3.29. The molecule has 1 N–H and O–H groups in total. The third-order valence-corrected chi connectivity index (χ3v) is 4.51. The van der Waals surface area contributed by atoms with Crippen molar-refractivity contribution in [1.82, 2.24) is 9.33 Å². The van der Waals surface area contributed by atoms with Crippen LogP contribution in [0.3, 0.4) is 0 Å². The van der Waals surface area contributed by atoms with E-state index in [1.54, 1.807) is 23.5 Å². The summed E-state index contributed by atoms with van der Waals surface area (Å²) in [6.45, 7) is 2.08. The normalized spacial score (nSPS) is 12.3. The molecular weight excluding hydrogens is 342 g/mol. The molecule has 106 valence electrons. The Morgan fingerprint density at radius 3 is 2.65 bits per heavy atom. The molecule has 0 aliphatic carbocycles. The quantitative estimate of drug-likeness (QED) is 0.486. The van der Waals surface area contributed by atoms with E-state index in [0.717, 1.165) is 29.1 Å². The highest BCUT2D eigenvalue weighted by Crippen LogP contribution is 2.24. The van der Waals surface area contributed by atoms with Crippen molar-refractivity contribution in [2.24, 2.45) is 0 Å². The first-order valence-electron chi connectivity index (χ1n) is 6.17. The minimum atomic E-state index is -0.391. The van der Waals surface area contributed by atoms with Crippen LogP contribution in [0.2, 0.25) is 0 Å². The molecule has 0 unspecified atom stereocenters. The highest BCUT2D eigenvalue weighted by Gasteiger charge is 2.15. The fourth-order valence-electron chi connectivity index (χ4n) is 1.81. The maximum Gasteiger partial charge on any atom is 0.269 e. The molecule has 1 aromatic carbocycles. The minimum absolute atomic E-state index is 0.0572.